The van der Waals surface area contributed by atoms with E-state index in [1.165, 1.54) is 37.6 Å². The van der Waals surface area contributed by atoms with E-state index in [9.17, 15) is 13.2 Å². The first-order valence-corrected chi connectivity index (χ1v) is 9.97. The largest absolute Gasteiger partial charge is 0.495 e. The zero-order valence-electron chi connectivity index (χ0n) is 15.4. The van der Waals surface area contributed by atoms with Gasteiger partial charge in [0.05, 0.1) is 23.9 Å². The normalized spacial score (nSPS) is 11.2. The van der Waals surface area contributed by atoms with Crippen LogP contribution < -0.4 is 14.9 Å². The smallest absolute Gasteiger partial charge is 0.271 e. The highest BCUT2D eigenvalue weighted by molar-refractivity contribution is 7.92. The number of carbonyl (C=O) groups excluding carboxylic acids is 1. The number of aromatic nitrogens is 1. The Hall–Kier alpha value is -3.72. The van der Waals surface area contributed by atoms with E-state index in [4.69, 9.17) is 4.74 Å². The van der Waals surface area contributed by atoms with Crippen LogP contribution in [0.4, 0.5) is 5.69 Å². The Morgan fingerprint density at radius 3 is 2.59 bits per heavy atom. The summed E-state index contributed by atoms with van der Waals surface area (Å²) in [5.41, 5.74) is 3.58. The van der Waals surface area contributed by atoms with Gasteiger partial charge in [0.2, 0.25) is 0 Å². The Bertz CT molecular complexity index is 1130. The van der Waals surface area contributed by atoms with Crippen LogP contribution >= 0.6 is 0 Å². The fourth-order valence-electron chi connectivity index (χ4n) is 2.42. The molecule has 0 unspecified atom stereocenters. The molecule has 0 spiro atoms. The first-order valence-electron chi connectivity index (χ1n) is 8.49. The van der Waals surface area contributed by atoms with Crippen LogP contribution in [0, 0.1) is 0 Å². The van der Waals surface area contributed by atoms with Gasteiger partial charge in [-0.25, -0.2) is 13.8 Å². The van der Waals surface area contributed by atoms with Gasteiger partial charge in [-0.2, -0.15) is 5.10 Å². The number of amides is 1. The second-order valence-corrected chi connectivity index (χ2v) is 7.50. The van der Waals surface area contributed by atoms with Crippen molar-refractivity contribution in [3.63, 3.8) is 0 Å². The highest BCUT2D eigenvalue weighted by Gasteiger charge is 2.18. The standard InChI is InChI=1S/C20H18N4O4S/c1-28-19-8-3-2-7-18(19)24-29(26,27)17-6-4-5-16(13-17)20(25)23-22-14-15-9-11-21-12-10-15/h2-14,24H,1H3,(H,23,25). The lowest BCUT2D eigenvalue weighted by atomic mass is 10.2. The van der Waals surface area contributed by atoms with Crippen LogP contribution in [0.3, 0.4) is 0 Å². The van der Waals surface area contributed by atoms with E-state index in [1.54, 1.807) is 48.8 Å². The first-order chi connectivity index (χ1) is 14.0. The van der Waals surface area contributed by atoms with E-state index < -0.39 is 15.9 Å². The number of benzene rings is 2. The molecule has 1 heterocycles. The van der Waals surface area contributed by atoms with E-state index in [2.05, 4.69) is 20.2 Å². The Balaban J connectivity index is 1.76. The van der Waals surface area contributed by atoms with Gasteiger partial charge < -0.3 is 4.74 Å². The number of nitrogens with one attached hydrogen (secondary N) is 2. The van der Waals surface area contributed by atoms with Gasteiger partial charge in [0, 0.05) is 18.0 Å². The third-order valence-corrected chi connectivity index (χ3v) is 5.21. The number of para-hydroxylation sites is 2. The number of anilines is 1. The van der Waals surface area contributed by atoms with Crippen LogP contribution in [0.2, 0.25) is 0 Å². The van der Waals surface area contributed by atoms with E-state index in [0.29, 0.717) is 11.4 Å². The molecule has 0 radical (unpaired) electrons. The molecule has 9 heteroatoms. The summed E-state index contributed by atoms with van der Waals surface area (Å²) in [4.78, 5) is 16.1. The van der Waals surface area contributed by atoms with Gasteiger partial charge in [-0.15, -0.1) is 0 Å². The molecule has 1 amide bonds. The minimum atomic E-state index is -3.92. The number of carbonyl (C=O) groups is 1. The molecule has 0 atom stereocenters. The molecule has 3 aromatic rings. The molecule has 0 aliphatic heterocycles. The van der Waals surface area contributed by atoms with Crippen molar-refractivity contribution in [3.8, 4) is 5.75 Å². The monoisotopic (exact) mass is 410 g/mol. The number of hydrogen-bond acceptors (Lipinski definition) is 6. The van der Waals surface area contributed by atoms with Crippen molar-refractivity contribution < 1.29 is 17.9 Å². The molecule has 29 heavy (non-hydrogen) atoms. The average molecular weight is 410 g/mol. The van der Waals surface area contributed by atoms with E-state index in [-0.39, 0.29) is 10.5 Å². The molecule has 0 aliphatic carbocycles. The summed E-state index contributed by atoms with van der Waals surface area (Å²) in [6.07, 6.45) is 4.67. The lowest BCUT2D eigenvalue weighted by molar-refractivity contribution is 0.0955. The molecule has 0 saturated heterocycles. The summed E-state index contributed by atoms with van der Waals surface area (Å²) in [7, 11) is -2.47. The Morgan fingerprint density at radius 1 is 1.07 bits per heavy atom. The molecular formula is C20H18N4O4S. The van der Waals surface area contributed by atoms with Gasteiger partial charge in [-0.1, -0.05) is 18.2 Å². The topological polar surface area (TPSA) is 110 Å². The SMILES string of the molecule is COc1ccccc1NS(=O)(=O)c1cccc(C(=O)NN=Cc2ccncc2)c1. The van der Waals surface area contributed by atoms with Crippen molar-refractivity contribution in [2.75, 3.05) is 11.8 Å². The molecule has 148 valence electrons. The Morgan fingerprint density at radius 2 is 1.83 bits per heavy atom. The molecular weight excluding hydrogens is 392 g/mol. The first kappa shape index (κ1) is 20.0. The zero-order valence-corrected chi connectivity index (χ0v) is 16.3. The Kier molecular flexibility index (Phi) is 6.20. The number of rotatable bonds is 7. The molecule has 0 saturated carbocycles. The summed E-state index contributed by atoms with van der Waals surface area (Å²) >= 11 is 0. The van der Waals surface area contributed by atoms with Crippen molar-refractivity contribution in [1.82, 2.24) is 10.4 Å². The van der Waals surface area contributed by atoms with E-state index in [1.807, 2.05) is 0 Å². The van der Waals surface area contributed by atoms with Crippen molar-refractivity contribution in [2.24, 2.45) is 5.10 Å². The van der Waals surface area contributed by atoms with Gasteiger partial charge in [0.15, 0.2) is 0 Å². The summed E-state index contributed by atoms with van der Waals surface area (Å²) in [6, 6.07) is 15.8. The summed E-state index contributed by atoms with van der Waals surface area (Å²) in [6.45, 7) is 0. The molecule has 2 aromatic carbocycles. The van der Waals surface area contributed by atoms with Gasteiger partial charge in [-0.3, -0.25) is 14.5 Å². The van der Waals surface area contributed by atoms with Crippen LogP contribution in [-0.2, 0) is 10.0 Å². The van der Waals surface area contributed by atoms with Crippen LogP contribution in [0.15, 0.2) is 83.1 Å². The lowest BCUT2D eigenvalue weighted by Crippen LogP contribution is -2.19. The summed E-state index contributed by atoms with van der Waals surface area (Å²) in [5, 5.41) is 3.87. The second-order valence-electron chi connectivity index (χ2n) is 5.81. The second kappa shape index (κ2) is 8.98. The Labute approximate surface area is 168 Å². The number of pyridine rings is 1. The number of sulfonamides is 1. The number of nitrogens with zero attached hydrogens (tertiary/aromatic N) is 2. The third kappa shape index (κ3) is 5.17. The maximum atomic E-state index is 12.7. The fraction of sp³-hybridized carbons (Fsp3) is 0.0500. The van der Waals surface area contributed by atoms with Gasteiger partial charge in [0.1, 0.15) is 5.75 Å². The van der Waals surface area contributed by atoms with Crippen molar-refractivity contribution >= 4 is 27.8 Å². The van der Waals surface area contributed by atoms with Crippen LogP contribution in [0.1, 0.15) is 15.9 Å². The van der Waals surface area contributed by atoms with Gasteiger partial charge >= 0.3 is 0 Å². The lowest BCUT2D eigenvalue weighted by Gasteiger charge is -2.12. The quantitative estimate of drug-likeness (QED) is 0.460. The third-order valence-electron chi connectivity index (χ3n) is 3.84. The van der Waals surface area contributed by atoms with E-state index in [0.717, 1.165) is 5.56 Å². The summed E-state index contributed by atoms with van der Waals surface area (Å²) < 4.78 is 33.0. The van der Waals surface area contributed by atoms with Crippen molar-refractivity contribution in [3.05, 3.63) is 84.2 Å². The molecule has 2 N–H and O–H groups in total. The van der Waals surface area contributed by atoms with Crippen LogP contribution in [-0.4, -0.2) is 32.6 Å². The van der Waals surface area contributed by atoms with Crippen molar-refractivity contribution in [2.45, 2.75) is 4.90 Å². The number of hydrazone groups is 1. The predicted octanol–water partition coefficient (Wildman–Crippen LogP) is 2.65. The van der Waals surface area contributed by atoms with Gasteiger partial charge in [-0.05, 0) is 48.0 Å². The average Bonchev–Trinajstić information content (AvgIpc) is 2.74. The molecule has 0 aliphatic rings. The van der Waals surface area contributed by atoms with Crippen LogP contribution in [0.25, 0.3) is 0 Å². The summed E-state index contributed by atoms with van der Waals surface area (Å²) in [5.74, 6) is -0.153. The fourth-order valence-corrected chi connectivity index (χ4v) is 3.53. The highest BCUT2D eigenvalue weighted by atomic mass is 32.2. The molecule has 0 fully saturated rings. The number of hydrogen-bond donors (Lipinski definition) is 2. The number of methoxy groups -OCH3 is 1. The minimum Gasteiger partial charge on any atom is -0.495 e. The number of ether oxygens (including phenoxy) is 1. The van der Waals surface area contributed by atoms with Gasteiger partial charge in [0.25, 0.3) is 15.9 Å². The zero-order chi connectivity index (χ0) is 20.7. The molecule has 0 bridgehead atoms. The predicted molar refractivity (Wildman–Crippen MR) is 110 cm³/mol. The molecule has 8 nitrogen and oxygen atoms in total. The maximum Gasteiger partial charge on any atom is 0.271 e. The maximum absolute atomic E-state index is 12.7. The van der Waals surface area contributed by atoms with Crippen molar-refractivity contribution in [1.29, 1.82) is 0 Å². The minimum absolute atomic E-state index is 0.0610. The van der Waals surface area contributed by atoms with Crippen LogP contribution in [0.5, 0.6) is 5.75 Å². The highest BCUT2D eigenvalue weighted by Crippen LogP contribution is 2.26. The van der Waals surface area contributed by atoms with E-state index >= 15 is 0 Å². The molecule has 3 rings (SSSR count). The molecule has 1 aromatic heterocycles.